The predicted octanol–water partition coefficient (Wildman–Crippen LogP) is 5.67. The lowest BCUT2D eigenvalue weighted by atomic mass is 10.1. The number of hydrogen-bond donors (Lipinski definition) is 2. The van der Waals surface area contributed by atoms with E-state index in [0.717, 1.165) is 5.56 Å². The van der Waals surface area contributed by atoms with E-state index in [1.165, 1.54) is 30.5 Å². The molecule has 1 amide bonds. The van der Waals surface area contributed by atoms with Gasteiger partial charge in [0, 0.05) is 5.56 Å². The third kappa shape index (κ3) is 6.51. The van der Waals surface area contributed by atoms with Gasteiger partial charge in [0.15, 0.2) is 6.61 Å². The van der Waals surface area contributed by atoms with E-state index in [9.17, 15) is 18.0 Å². The van der Waals surface area contributed by atoms with Crippen LogP contribution in [0.4, 0.5) is 29.3 Å². The summed E-state index contributed by atoms with van der Waals surface area (Å²) in [6.07, 6.45) is -4.04. The van der Waals surface area contributed by atoms with E-state index in [0.29, 0.717) is 5.56 Å². The monoisotopic (exact) mass is 451 g/mol. The SMILES string of the molecule is Nc1cnc(OCC(F)(F)F)c(-c2ccc(NC(=O)OCc3ccccc3)c(Cl)c2)c1. The summed E-state index contributed by atoms with van der Waals surface area (Å²) in [7, 11) is 0. The normalized spacial score (nSPS) is 11.1. The fourth-order valence-corrected chi connectivity index (χ4v) is 2.82. The maximum Gasteiger partial charge on any atom is 0.422 e. The highest BCUT2D eigenvalue weighted by atomic mass is 35.5. The predicted molar refractivity (Wildman–Crippen MR) is 111 cm³/mol. The van der Waals surface area contributed by atoms with Gasteiger partial charge in [0.1, 0.15) is 6.61 Å². The summed E-state index contributed by atoms with van der Waals surface area (Å²) in [6, 6.07) is 15.0. The molecule has 6 nitrogen and oxygen atoms in total. The number of nitrogens with zero attached hydrogens (tertiary/aromatic N) is 1. The number of carbonyl (C=O) groups excluding carboxylic acids is 1. The van der Waals surface area contributed by atoms with E-state index in [1.807, 2.05) is 30.3 Å². The minimum atomic E-state index is -4.52. The number of alkyl halides is 3. The number of nitrogens with one attached hydrogen (secondary N) is 1. The fourth-order valence-electron chi connectivity index (χ4n) is 2.59. The number of ether oxygens (including phenoxy) is 2. The first kappa shape index (κ1) is 22.2. The van der Waals surface area contributed by atoms with Crippen LogP contribution in [-0.2, 0) is 11.3 Å². The van der Waals surface area contributed by atoms with Gasteiger partial charge in [-0.2, -0.15) is 13.2 Å². The van der Waals surface area contributed by atoms with E-state index in [-0.39, 0.29) is 34.4 Å². The summed E-state index contributed by atoms with van der Waals surface area (Å²) in [5, 5.41) is 2.65. The Labute approximate surface area is 180 Å². The molecule has 0 saturated heterocycles. The molecular formula is C21H17ClF3N3O3. The number of nitrogen functional groups attached to an aromatic ring is 1. The Balaban J connectivity index is 1.73. The number of halogens is 4. The van der Waals surface area contributed by atoms with Crippen LogP contribution < -0.4 is 15.8 Å². The molecule has 0 fully saturated rings. The number of hydrogen-bond acceptors (Lipinski definition) is 5. The molecule has 0 bridgehead atoms. The molecule has 1 heterocycles. The highest BCUT2D eigenvalue weighted by Crippen LogP contribution is 2.35. The summed E-state index contributed by atoms with van der Waals surface area (Å²) in [5.74, 6) is -0.245. The summed E-state index contributed by atoms with van der Waals surface area (Å²) < 4.78 is 47.5. The lowest BCUT2D eigenvalue weighted by molar-refractivity contribution is -0.154. The van der Waals surface area contributed by atoms with Crippen molar-refractivity contribution >= 4 is 29.1 Å². The van der Waals surface area contributed by atoms with Gasteiger partial charge in [-0.3, -0.25) is 5.32 Å². The minimum absolute atomic E-state index is 0.0806. The molecule has 2 aromatic carbocycles. The molecule has 3 rings (SSSR count). The Bertz CT molecular complexity index is 1060. The summed E-state index contributed by atoms with van der Waals surface area (Å²) in [4.78, 5) is 15.9. The maximum atomic E-state index is 12.5. The minimum Gasteiger partial charge on any atom is -0.468 e. The number of anilines is 2. The summed E-state index contributed by atoms with van der Waals surface area (Å²) in [5.41, 5.74) is 7.66. The summed E-state index contributed by atoms with van der Waals surface area (Å²) in [6.45, 7) is -1.42. The molecule has 0 aliphatic carbocycles. The number of carbonyl (C=O) groups is 1. The van der Waals surface area contributed by atoms with Gasteiger partial charge in [-0.1, -0.05) is 48.0 Å². The smallest absolute Gasteiger partial charge is 0.422 e. The van der Waals surface area contributed by atoms with E-state index < -0.39 is 18.9 Å². The van der Waals surface area contributed by atoms with Crippen LogP contribution in [-0.4, -0.2) is 23.9 Å². The molecular weight excluding hydrogens is 435 g/mol. The van der Waals surface area contributed by atoms with E-state index >= 15 is 0 Å². The number of benzene rings is 2. The molecule has 31 heavy (non-hydrogen) atoms. The van der Waals surface area contributed by atoms with Crippen molar-refractivity contribution in [2.24, 2.45) is 0 Å². The Morgan fingerprint density at radius 2 is 1.87 bits per heavy atom. The van der Waals surface area contributed by atoms with Crippen molar-refractivity contribution in [1.82, 2.24) is 4.98 Å². The Hall–Kier alpha value is -3.46. The zero-order valence-corrected chi connectivity index (χ0v) is 16.7. The highest BCUT2D eigenvalue weighted by molar-refractivity contribution is 6.34. The molecule has 0 unspecified atom stereocenters. The molecule has 162 valence electrons. The van der Waals surface area contributed by atoms with Crippen molar-refractivity contribution in [3.63, 3.8) is 0 Å². The van der Waals surface area contributed by atoms with E-state index in [1.54, 1.807) is 0 Å². The van der Waals surface area contributed by atoms with Crippen LogP contribution in [0.15, 0.2) is 60.8 Å². The standard InChI is InChI=1S/C21H17ClF3N3O3/c22-17-8-14(16-9-15(26)10-27-19(16)31-12-21(23,24)25)6-7-18(17)28-20(29)30-11-13-4-2-1-3-5-13/h1-10H,11-12,26H2,(H,28,29). The zero-order valence-electron chi connectivity index (χ0n) is 15.9. The number of amides is 1. The van der Waals surface area contributed by atoms with Crippen molar-refractivity contribution in [1.29, 1.82) is 0 Å². The second-order valence-corrected chi connectivity index (χ2v) is 6.81. The van der Waals surface area contributed by atoms with Crippen molar-refractivity contribution < 1.29 is 27.4 Å². The van der Waals surface area contributed by atoms with Crippen LogP contribution in [0.1, 0.15) is 5.56 Å². The molecule has 10 heteroatoms. The van der Waals surface area contributed by atoms with Crippen molar-refractivity contribution in [3.8, 4) is 17.0 Å². The lowest BCUT2D eigenvalue weighted by Crippen LogP contribution is -2.20. The molecule has 0 aliphatic rings. The quantitative estimate of drug-likeness (QED) is 0.504. The Kier molecular flexibility index (Phi) is 6.86. The largest absolute Gasteiger partial charge is 0.468 e. The topological polar surface area (TPSA) is 86.5 Å². The fraction of sp³-hybridized carbons (Fsp3) is 0.143. The van der Waals surface area contributed by atoms with Gasteiger partial charge in [-0.15, -0.1) is 0 Å². The third-order valence-electron chi connectivity index (χ3n) is 3.97. The second kappa shape index (κ2) is 9.57. The molecule has 3 N–H and O–H groups in total. The Morgan fingerprint density at radius 1 is 1.13 bits per heavy atom. The van der Waals surface area contributed by atoms with Gasteiger partial charge in [0.05, 0.1) is 22.6 Å². The first-order valence-corrected chi connectivity index (χ1v) is 9.32. The highest BCUT2D eigenvalue weighted by Gasteiger charge is 2.29. The lowest BCUT2D eigenvalue weighted by Gasteiger charge is -2.14. The second-order valence-electron chi connectivity index (χ2n) is 6.41. The first-order chi connectivity index (χ1) is 14.7. The number of rotatable bonds is 6. The van der Waals surface area contributed by atoms with Gasteiger partial charge >= 0.3 is 12.3 Å². The van der Waals surface area contributed by atoms with Crippen molar-refractivity contribution in [2.45, 2.75) is 12.8 Å². The van der Waals surface area contributed by atoms with E-state index in [4.69, 9.17) is 26.8 Å². The summed E-state index contributed by atoms with van der Waals surface area (Å²) >= 11 is 6.24. The zero-order chi connectivity index (χ0) is 22.4. The van der Waals surface area contributed by atoms with Crippen molar-refractivity contribution in [2.75, 3.05) is 17.7 Å². The maximum absolute atomic E-state index is 12.5. The van der Waals surface area contributed by atoms with Gasteiger partial charge in [-0.25, -0.2) is 9.78 Å². The molecule has 0 spiro atoms. The van der Waals surface area contributed by atoms with Gasteiger partial charge in [0.2, 0.25) is 5.88 Å². The number of aromatic nitrogens is 1. The molecule has 0 aliphatic heterocycles. The third-order valence-corrected chi connectivity index (χ3v) is 4.29. The Morgan fingerprint density at radius 3 is 2.55 bits per heavy atom. The van der Waals surface area contributed by atoms with Crippen LogP contribution in [0.2, 0.25) is 5.02 Å². The average molecular weight is 452 g/mol. The van der Waals surface area contributed by atoms with Crippen LogP contribution in [0.25, 0.3) is 11.1 Å². The molecule has 0 radical (unpaired) electrons. The number of nitrogens with two attached hydrogens (primary N) is 1. The first-order valence-electron chi connectivity index (χ1n) is 8.94. The van der Waals surface area contributed by atoms with Gasteiger partial charge < -0.3 is 15.2 Å². The van der Waals surface area contributed by atoms with Gasteiger partial charge in [-0.05, 0) is 29.3 Å². The molecule has 3 aromatic rings. The molecule has 0 atom stereocenters. The van der Waals surface area contributed by atoms with Crippen LogP contribution in [0, 0.1) is 0 Å². The van der Waals surface area contributed by atoms with Crippen LogP contribution in [0.5, 0.6) is 5.88 Å². The van der Waals surface area contributed by atoms with Crippen LogP contribution >= 0.6 is 11.6 Å². The van der Waals surface area contributed by atoms with E-state index in [2.05, 4.69) is 10.3 Å². The molecule has 1 aromatic heterocycles. The van der Waals surface area contributed by atoms with Crippen LogP contribution in [0.3, 0.4) is 0 Å². The number of pyridine rings is 1. The van der Waals surface area contributed by atoms with Gasteiger partial charge in [0.25, 0.3) is 0 Å². The average Bonchev–Trinajstić information content (AvgIpc) is 2.73. The van der Waals surface area contributed by atoms with Crippen molar-refractivity contribution in [3.05, 3.63) is 71.4 Å². The molecule has 0 saturated carbocycles.